The quantitative estimate of drug-likeness (QED) is 0.903. The van der Waals surface area contributed by atoms with Gasteiger partial charge in [-0.05, 0) is 17.9 Å². The third kappa shape index (κ3) is 3.75. The number of benzene rings is 1. The van der Waals surface area contributed by atoms with E-state index in [0.717, 1.165) is 12.3 Å². The van der Waals surface area contributed by atoms with Crippen molar-refractivity contribution in [3.8, 4) is 0 Å². The fourth-order valence-electron chi connectivity index (χ4n) is 3.00. The Kier molecular flexibility index (Phi) is 4.99. The van der Waals surface area contributed by atoms with E-state index in [-0.39, 0.29) is 17.7 Å². The molecule has 0 aliphatic carbocycles. The topological polar surface area (TPSA) is 46.0 Å². The Morgan fingerprint density at radius 3 is 2.33 bits per heavy atom. The van der Waals surface area contributed by atoms with Gasteiger partial charge in [0.05, 0.1) is 11.9 Å². The van der Waals surface area contributed by atoms with Crippen molar-refractivity contribution in [2.75, 3.05) is 0 Å². The van der Waals surface area contributed by atoms with E-state index in [4.69, 9.17) is 0 Å². The van der Waals surface area contributed by atoms with Gasteiger partial charge in [-0.15, -0.1) is 0 Å². The monoisotopic (exact) mass is 338 g/mol. The predicted octanol–water partition coefficient (Wildman–Crippen LogP) is 4.32. The van der Waals surface area contributed by atoms with E-state index in [0.29, 0.717) is 6.07 Å². The van der Waals surface area contributed by atoms with Gasteiger partial charge in [0.15, 0.2) is 5.82 Å². The SMILES string of the molecule is C[C@@H](c1ncncc1F)[C@](O)(CC(C)(C)C)c1ccc(F)cc1F. The Balaban J connectivity index is 2.61. The van der Waals surface area contributed by atoms with Crippen molar-refractivity contribution in [1.29, 1.82) is 0 Å². The summed E-state index contributed by atoms with van der Waals surface area (Å²) < 4.78 is 41.7. The number of aliphatic hydroxyl groups is 1. The molecular weight excluding hydrogens is 317 g/mol. The highest BCUT2D eigenvalue weighted by atomic mass is 19.1. The zero-order chi connectivity index (χ0) is 18.1. The predicted molar refractivity (Wildman–Crippen MR) is 84.7 cm³/mol. The number of nitrogens with zero attached hydrogens (tertiary/aromatic N) is 2. The standard InChI is InChI=1S/C18H21F3N2O/c1-11(16-15(21)8-22-10-23-16)18(24,9-17(2,3)4)13-6-5-12(19)7-14(13)20/h5-8,10-11,24H,9H2,1-4H3/t11-,18+/m0/s1. The van der Waals surface area contributed by atoms with E-state index >= 15 is 0 Å². The van der Waals surface area contributed by atoms with Crippen molar-refractivity contribution in [1.82, 2.24) is 9.97 Å². The maximum Gasteiger partial charge on any atom is 0.163 e. The molecule has 130 valence electrons. The van der Waals surface area contributed by atoms with Gasteiger partial charge in [-0.2, -0.15) is 0 Å². The minimum absolute atomic E-state index is 0.0134. The Labute approximate surface area is 139 Å². The number of hydrogen-bond acceptors (Lipinski definition) is 3. The van der Waals surface area contributed by atoms with E-state index in [9.17, 15) is 18.3 Å². The van der Waals surface area contributed by atoms with Gasteiger partial charge < -0.3 is 5.11 Å². The van der Waals surface area contributed by atoms with Gasteiger partial charge in [-0.1, -0.05) is 33.8 Å². The lowest BCUT2D eigenvalue weighted by Gasteiger charge is -2.39. The van der Waals surface area contributed by atoms with E-state index in [1.54, 1.807) is 6.92 Å². The number of hydrogen-bond donors (Lipinski definition) is 1. The first-order chi connectivity index (χ1) is 11.0. The molecule has 0 radical (unpaired) electrons. The zero-order valence-corrected chi connectivity index (χ0v) is 14.1. The second-order valence-electron chi connectivity index (χ2n) is 7.26. The summed E-state index contributed by atoms with van der Waals surface area (Å²) in [5.41, 5.74) is -2.25. The molecule has 2 rings (SSSR count). The molecule has 2 aromatic rings. The zero-order valence-electron chi connectivity index (χ0n) is 14.1. The van der Waals surface area contributed by atoms with Crippen molar-refractivity contribution in [2.24, 2.45) is 5.41 Å². The summed E-state index contributed by atoms with van der Waals surface area (Å²) in [5, 5.41) is 11.3. The first kappa shape index (κ1) is 18.4. The molecule has 24 heavy (non-hydrogen) atoms. The van der Waals surface area contributed by atoms with Crippen LogP contribution in [0.3, 0.4) is 0 Å². The largest absolute Gasteiger partial charge is 0.384 e. The Bertz CT molecular complexity index is 730. The van der Waals surface area contributed by atoms with Gasteiger partial charge >= 0.3 is 0 Å². The highest BCUT2D eigenvalue weighted by Crippen LogP contribution is 2.45. The second-order valence-corrected chi connectivity index (χ2v) is 7.26. The summed E-state index contributed by atoms with van der Waals surface area (Å²) in [4.78, 5) is 7.50. The smallest absolute Gasteiger partial charge is 0.163 e. The molecule has 1 N–H and O–H groups in total. The average molecular weight is 338 g/mol. The first-order valence-electron chi connectivity index (χ1n) is 7.68. The Hall–Kier alpha value is -1.95. The maximum atomic E-state index is 14.4. The van der Waals surface area contributed by atoms with Crippen molar-refractivity contribution in [3.05, 3.63) is 59.4 Å². The molecule has 0 amide bonds. The number of aromatic nitrogens is 2. The van der Waals surface area contributed by atoms with Crippen LogP contribution in [0.4, 0.5) is 13.2 Å². The molecule has 1 aromatic carbocycles. The fraction of sp³-hybridized carbons (Fsp3) is 0.444. The first-order valence-corrected chi connectivity index (χ1v) is 7.68. The van der Waals surface area contributed by atoms with Crippen LogP contribution in [0, 0.1) is 22.9 Å². The molecule has 0 saturated heterocycles. The molecule has 0 aliphatic heterocycles. The van der Waals surface area contributed by atoms with Crippen molar-refractivity contribution >= 4 is 0 Å². The summed E-state index contributed by atoms with van der Waals surface area (Å²) in [6.45, 7) is 7.20. The highest BCUT2D eigenvalue weighted by molar-refractivity contribution is 5.30. The molecule has 6 heteroatoms. The van der Waals surface area contributed by atoms with E-state index in [1.807, 2.05) is 20.8 Å². The van der Waals surface area contributed by atoms with Crippen molar-refractivity contribution < 1.29 is 18.3 Å². The molecule has 2 atom stereocenters. The molecule has 0 fully saturated rings. The van der Waals surface area contributed by atoms with E-state index < -0.39 is 34.4 Å². The van der Waals surface area contributed by atoms with Gasteiger partial charge in [-0.25, -0.2) is 23.1 Å². The molecule has 0 bridgehead atoms. The fourth-order valence-corrected chi connectivity index (χ4v) is 3.00. The highest BCUT2D eigenvalue weighted by Gasteiger charge is 2.43. The average Bonchev–Trinajstić information content (AvgIpc) is 2.45. The van der Waals surface area contributed by atoms with Crippen molar-refractivity contribution in [3.63, 3.8) is 0 Å². The van der Waals surface area contributed by atoms with Crippen LogP contribution in [0.2, 0.25) is 0 Å². The summed E-state index contributed by atoms with van der Waals surface area (Å²) in [6, 6.07) is 2.99. The van der Waals surface area contributed by atoms with Gasteiger partial charge in [0.25, 0.3) is 0 Å². The third-order valence-corrected chi connectivity index (χ3v) is 4.02. The van der Waals surface area contributed by atoms with Gasteiger partial charge in [0.2, 0.25) is 0 Å². The minimum atomic E-state index is -1.76. The van der Waals surface area contributed by atoms with Gasteiger partial charge in [0.1, 0.15) is 23.6 Å². The molecule has 0 spiro atoms. The van der Waals surface area contributed by atoms with Gasteiger partial charge in [0, 0.05) is 17.5 Å². The molecule has 1 aromatic heterocycles. The Morgan fingerprint density at radius 2 is 1.79 bits per heavy atom. The molecule has 0 unspecified atom stereocenters. The minimum Gasteiger partial charge on any atom is -0.384 e. The normalized spacial score (nSPS) is 15.8. The van der Waals surface area contributed by atoms with Crippen LogP contribution < -0.4 is 0 Å². The number of rotatable bonds is 4. The summed E-state index contributed by atoms with van der Waals surface area (Å²) in [5.74, 6) is -3.15. The van der Waals surface area contributed by atoms with Crippen molar-refractivity contribution in [2.45, 2.75) is 45.6 Å². The summed E-state index contributed by atoms with van der Waals surface area (Å²) >= 11 is 0. The molecule has 1 heterocycles. The van der Waals surface area contributed by atoms with Crippen LogP contribution in [0.5, 0.6) is 0 Å². The van der Waals surface area contributed by atoms with Crippen LogP contribution in [0.15, 0.2) is 30.7 Å². The third-order valence-electron chi connectivity index (χ3n) is 4.02. The second kappa shape index (κ2) is 6.51. The lowest BCUT2D eigenvalue weighted by Crippen LogP contribution is -2.38. The lowest BCUT2D eigenvalue weighted by atomic mass is 9.70. The van der Waals surface area contributed by atoms with E-state index in [2.05, 4.69) is 9.97 Å². The van der Waals surface area contributed by atoms with Crippen LogP contribution in [-0.4, -0.2) is 15.1 Å². The van der Waals surface area contributed by atoms with Crippen LogP contribution in [-0.2, 0) is 5.60 Å². The van der Waals surface area contributed by atoms with Crippen LogP contribution in [0.1, 0.15) is 51.3 Å². The Morgan fingerprint density at radius 1 is 1.12 bits per heavy atom. The van der Waals surface area contributed by atoms with E-state index in [1.165, 1.54) is 12.4 Å². The summed E-state index contributed by atoms with van der Waals surface area (Å²) in [6.07, 6.45) is 2.30. The van der Waals surface area contributed by atoms with Crippen LogP contribution in [0.25, 0.3) is 0 Å². The summed E-state index contributed by atoms with van der Waals surface area (Å²) in [7, 11) is 0. The van der Waals surface area contributed by atoms with Crippen LogP contribution >= 0.6 is 0 Å². The maximum absolute atomic E-state index is 14.4. The molecule has 3 nitrogen and oxygen atoms in total. The van der Waals surface area contributed by atoms with Gasteiger partial charge in [-0.3, -0.25) is 0 Å². The molecule has 0 saturated carbocycles. The molecule has 0 aliphatic rings. The lowest BCUT2D eigenvalue weighted by molar-refractivity contribution is -0.0290. The molecular formula is C18H21F3N2O. The number of halogens is 3.